The minimum absolute atomic E-state index is 0.116. The summed E-state index contributed by atoms with van der Waals surface area (Å²) in [5, 5.41) is 18.2. The number of hydrogen-bond acceptors (Lipinski definition) is 3. The number of benzene rings is 2. The second-order valence-electron chi connectivity index (χ2n) is 5.26. The van der Waals surface area contributed by atoms with Gasteiger partial charge < -0.3 is 14.8 Å². The fourth-order valence-corrected chi connectivity index (χ4v) is 2.22. The van der Waals surface area contributed by atoms with Crippen molar-refractivity contribution in [1.82, 2.24) is 0 Å². The van der Waals surface area contributed by atoms with Crippen molar-refractivity contribution < 1.29 is 19.2 Å². The lowest BCUT2D eigenvalue weighted by Crippen LogP contribution is -2.30. The molecule has 0 bridgehead atoms. The van der Waals surface area contributed by atoms with E-state index in [1.807, 2.05) is 26.8 Å². The summed E-state index contributed by atoms with van der Waals surface area (Å²) >= 11 is 0. The molecule has 2 N–H and O–H groups in total. The van der Waals surface area contributed by atoms with Crippen molar-refractivity contribution in [3.63, 3.8) is 0 Å². The summed E-state index contributed by atoms with van der Waals surface area (Å²) in [6.45, 7) is 6.14. The topological polar surface area (TPSA) is 49.7 Å². The van der Waals surface area contributed by atoms with Crippen LogP contribution < -0.4 is 10.2 Å². The molecule has 110 valence electrons. The number of ether oxygens (including phenoxy) is 1. The Labute approximate surface area is 124 Å². The van der Waals surface area contributed by atoms with Gasteiger partial charge in [-0.2, -0.15) is 0 Å². The zero-order chi connectivity index (χ0) is 15.6. The molecule has 2 aromatic carbocycles. The summed E-state index contributed by atoms with van der Waals surface area (Å²) < 4.78 is 19.2. The Balaban J connectivity index is 2.20. The fraction of sp³-hybridized carbons (Fsp3) is 0.250. The molecule has 0 heterocycles. The SMILES string of the molecule is Cc1cc(C)c(C)c(OCc2cc(F)cc(B(O)O)c2)c1. The summed E-state index contributed by atoms with van der Waals surface area (Å²) in [6.07, 6.45) is 0. The second-order valence-corrected chi connectivity index (χ2v) is 5.26. The van der Waals surface area contributed by atoms with Crippen LogP contribution in [0, 0.1) is 26.6 Å². The van der Waals surface area contributed by atoms with Gasteiger partial charge in [0, 0.05) is 0 Å². The van der Waals surface area contributed by atoms with Gasteiger partial charge in [-0.05, 0) is 66.7 Å². The van der Waals surface area contributed by atoms with Gasteiger partial charge in [-0.25, -0.2) is 4.39 Å². The van der Waals surface area contributed by atoms with Gasteiger partial charge in [0.15, 0.2) is 0 Å². The Kier molecular flexibility index (Phi) is 4.65. The minimum Gasteiger partial charge on any atom is -0.489 e. The molecule has 0 aliphatic rings. The standard InChI is InChI=1S/C16H18BFO3/c1-10-4-11(2)12(3)16(5-10)21-9-13-6-14(17(19)20)8-15(18)7-13/h4-8,19-20H,9H2,1-3H3. The first-order chi connectivity index (χ1) is 9.86. The van der Waals surface area contributed by atoms with Gasteiger partial charge in [0.1, 0.15) is 18.2 Å². The van der Waals surface area contributed by atoms with Crippen molar-refractivity contribution in [1.29, 1.82) is 0 Å². The minimum atomic E-state index is -1.69. The molecule has 2 aromatic rings. The summed E-state index contributed by atoms with van der Waals surface area (Å²) in [7, 11) is -1.69. The Bertz CT molecular complexity index is 656. The summed E-state index contributed by atoms with van der Waals surface area (Å²) in [4.78, 5) is 0. The van der Waals surface area contributed by atoms with Gasteiger partial charge in [-0.1, -0.05) is 12.1 Å². The van der Waals surface area contributed by atoms with E-state index in [-0.39, 0.29) is 12.1 Å². The third-order valence-electron chi connectivity index (χ3n) is 3.44. The van der Waals surface area contributed by atoms with Crippen LogP contribution in [0.5, 0.6) is 5.75 Å². The molecule has 2 rings (SSSR count). The molecule has 0 spiro atoms. The molecule has 21 heavy (non-hydrogen) atoms. The largest absolute Gasteiger partial charge is 0.489 e. The lowest BCUT2D eigenvalue weighted by molar-refractivity contribution is 0.303. The molecule has 0 fully saturated rings. The fourth-order valence-electron chi connectivity index (χ4n) is 2.22. The zero-order valence-corrected chi connectivity index (χ0v) is 12.4. The molecular weight excluding hydrogens is 270 g/mol. The van der Waals surface area contributed by atoms with Crippen molar-refractivity contribution in [3.8, 4) is 5.75 Å². The van der Waals surface area contributed by atoms with Gasteiger partial charge in [0.2, 0.25) is 0 Å². The molecule has 3 nitrogen and oxygen atoms in total. The molecule has 0 aliphatic heterocycles. The average Bonchev–Trinajstić information content (AvgIpc) is 2.40. The molecule has 0 saturated carbocycles. The highest BCUT2D eigenvalue weighted by Crippen LogP contribution is 2.24. The third-order valence-corrected chi connectivity index (χ3v) is 3.44. The normalized spacial score (nSPS) is 10.6. The predicted octanol–water partition coefficient (Wildman–Crippen LogP) is 2.01. The van der Waals surface area contributed by atoms with Crippen molar-refractivity contribution in [3.05, 3.63) is 58.4 Å². The first kappa shape index (κ1) is 15.5. The first-order valence-corrected chi connectivity index (χ1v) is 6.73. The van der Waals surface area contributed by atoms with Crippen LogP contribution in [0.3, 0.4) is 0 Å². The molecule has 0 atom stereocenters. The van der Waals surface area contributed by atoms with Crippen LogP contribution in [-0.4, -0.2) is 17.2 Å². The van der Waals surface area contributed by atoms with Crippen LogP contribution >= 0.6 is 0 Å². The van der Waals surface area contributed by atoms with Gasteiger partial charge in [0.25, 0.3) is 0 Å². The number of aryl methyl sites for hydroxylation is 2. The lowest BCUT2D eigenvalue weighted by Gasteiger charge is -2.13. The van der Waals surface area contributed by atoms with E-state index in [0.717, 1.165) is 28.5 Å². The summed E-state index contributed by atoms with van der Waals surface area (Å²) in [5.41, 5.74) is 3.94. The average molecular weight is 288 g/mol. The zero-order valence-electron chi connectivity index (χ0n) is 12.4. The second kappa shape index (κ2) is 6.29. The number of hydrogen-bond donors (Lipinski definition) is 2. The van der Waals surface area contributed by atoms with E-state index in [2.05, 4.69) is 6.07 Å². The highest BCUT2D eigenvalue weighted by molar-refractivity contribution is 6.58. The monoisotopic (exact) mass is 288 g/mol. The Morgan fingerprint density at radius 1 is 1.05 bits per heavy atom. The van der Waals surface area contributed by atoms with Gasteiger partial charge in [-0.3, -0.25) is 0 Å². The van der Waals surface area contributed by atoms with Crippen LogP contribution in [0.2, 0.25) is 0 Å². The van der Waals surface area contributed by atoms with Crippen molar-refractivity contribution in [2.75, 3.05) is 0 Å². The predicted molar refractivity (Wildman–Crippen MR) is 81.2 cm³/mol. The highest BCUT2D eigenvalue weighted by Gasteiger charge is 2.13. The molecular formula is C16H18BFO3. The van der Waals surface area contributed by atoms with Gasteiger partial charge in [0.05, 0.1) is 0 Å². The molecule has 5 heteroatoms. The lowest BCUT2D eigenvalue weighted by atomic mass is 9.79. The van der Waals surface area contributed by atoms with Crippen LogP contribution in [0.25, 0.3) is 0 Å². The van der Waals surface area contributed by atoms with Gasteiger partial charge >= 0.3 is 7.12 Å². The maximum absolute atomic E-state index is 13.4. The van der Waals surface area contributed by atoms with E-state index < -0.39 is 12.9 Å². The maximum atomic E-state index is 13.4. The van der Waals surface area contributed by atoms with E-state index in [0.29, 0.717) is 5.56 Å². The van der Waals surface area contributed by atoms with Crippen LogP contribution in [0.15, 0.2) is 30.3 Å². The number of rotatable bonds is 4. The summed E-state index contributed by atoms with van der Waals surface area (Å²) in [5.74, 6) is 0.235. The third kappa shape index (κ3) is 3.83. The van der Waals surface area contributed by atoms with Crippen LogP contribution in [0.1, 0.15) is 22.3 Å². The number of halogens is 1. The van der Waals surface area contributed by atoms with Crippen LogP contribution in [-0.2, 0) is 6.61 Å². The smallest absolute Gasteiger partial charge is 0.488 e. The van der Waals surface area contributed by atoms with Crippen molar-refractivity contribution in [2.24, 2.45) is 0 Å². The maximum Gasteiger partial charge on any atom is 0.488 e. The van der Waals surface area contributed by atoms with Crippen molar-refractivity contribution in [2.45, 2.75) is 27.4 Å². The Morgan fingerprint density at radius 3 is 2.43 bits per heavy atom. The van der Waals surface area contributed by atoms with E-state index in [1.54, 1.807) is 0 Å². The quantitative estimate of drug-likeness (QED) is 0.846. The van der Waals surface area contributed by atoms with E-state index in [1.165, 1.54) is 12.1 Å². The molecule has 0 saturated heterocycles. The molecule has 0 aliphatic carbocycles. The van der Waals surface area contributed by atoms with Crippen molar-refractivity contribution >= 4 is 12.6 Å². The summed E-state index contributed by atoms with van der Waals surface area (Å²) in [6, 6.07) is 7.94. The van der Waals surface area contributed by atoms with Crippen LogP contribution in [0.4, 0.5) is 4.39 Å². The Morgan fingerprint density at radius 2 is 1.76 bits per heavy atom. The van der Waals surface area contributed by atoms with E-state index in [9.17, 15) is 4.39 Å². The molecule has 0 amide bonds. The molecule has 0 radical (unpaired) electrons. The van der Waals surface area contributed by atoms with Gasteiger partial charge in [-0.15, -0.1) is 0 Å². The molecule has 0 aromatic heterocycles. The molecule has 0 unspecified atom stereocenters. The highest BCUT2D eigenvalue weighted by atomic mass is 19.1. The van der Waals surface area contributed by atoms with E-state index in [4.69, 9.17) is 14.8 Å². The first-order valence-electron chi connectivity index (χ1n) is 6.73. The Hall–Kier alpha value is -1.85. The van der Waals surface area contributed by atoms with E-state index >= 15 is 0 Å².